The number of piperazine rings is 1. The number of ketones is 1. The maximum atomic E-state index is 12.1. The van der Waals surface area contributed by atoms with Crippen LogP contribution in [0.1, 0.15) is 44.9 Å². The number of carbonyl (C=O) groups is 1. The largest absolute Gasteiger partial charge is 0.301 e. The first-order valence-corrected chi connectivity index (χ1v) is 7.82. The summed E-state index contributed by atoms with van der Waals surface area (Å²) in [6.45, 7) is 5.90. The van der Waals surface area contributed by atoms with E-state index in [1.807, 2.05) is 0 Å². The Morgan fingerprint density at radius 2 is 1.72 bits per heavy atom. The highest BCUT2D eigenvalue weighted by Crippen LogP contribution is 2.30. The molecule has 1 saturated heterocycles. The Morgan fingerprint density at radius 3 is 2.44 bits per heavy atom. The van der Waals surface area contributed by atoms with Crippen LogP contribution in [0.3, 0.4) is 0 Å². The summed E-state index contributed by atoms with van der Waals surface area (Å²) >= 11 is 0. The Hall–Kier alpha value is -0.410. The van der Waals surface area contributed by atoms with Gasteiger partial charge in [0.1, 0.15) is 5.78 Å². The third kappa shape index (κ3) is 3.12. The summed E-state index contributed by atoms with van der Waals surface area (Å²) < 4.78 is 0. The van der Waals surface area contributed by atoms with Gasteiger partial charge in [-0.05, 0) is 31.6 Å². The Morgan fingerprint density at radius 1 is 0.944 bits per heavy atom. The Labute approximate surface area is 111 Å². The molecular weight excluding hydrogens is 224 g/mol. The van der Waals surface area contributed by atoms with Gasteiger partial charge in [0.2, 0.25) is 0 Å². The van der Waals surface area contributed by atoms with Gasteiger partial charge in [-0.15, -0.1) is 0 Å². The second-order valence-corrected chi connectivity index (χ2v) is 6.36. The standard InChI is InChI=1S/C15H26N2O/c18-15-5-3-1-2-4-14(15)17-10-8-16(9-11-17)12-13-6-7-13/h13-14H,1-12H2. The van der Waals surface area contributed by atoms with Gasteiger partial charge in [0.25, 0.3) is 0 Å². The highest BCUT2D eigenvalue weighted by Gasteiger charge is 2.31. The molecule has 0 aromatic rings. The van der Waals surface area contributed by atoms with E-state index < -0.39 is 0 Å². The summed E-state index contributed by atoms with van der Waals surface area (Å²) in [7, 11) is 0. The molecule has 3 nitrogen and oxygen atoms in total. The third-order valence-corrected chi connectivity index (χ3v) is 4.83. The summed E-state index contributed by atoms with van der Waals surface area (Å²) in [6, 6.07) is 0.260. The van der Waals surface area contributed by atoms with Crippen molar-refractivity contribution in [1.82, 2.24) is 9.80 Å². The maximum Gasteiger partial charge on any atom is 0.149 e. The summed E-state index contributed by atoms with van der Waals surface area (Å²) in [5, 5.41) is 0. The lowest BCUT2D eigenvalue weighted by molar-refractivity contribution is -0.124. The van der Waals surface area contributed by atoms with E-state index >= 15 is 0 Å². The fraction of sp³-hybridized carbons (Fsp3) is 0.933. The summed E-state index contributed by atoms with van der Waals surface area (Å²) in [5.41, 5.74) is 0. The molecule has 102 valence electrons. The van der Waals surface area contributed by atoms with Crippen LogP contribution in [0.25, 0.3) is 0 Å². The lowest BCUT2D eigenvalue weighted by atomic mass is 10.0. The minimum Gasteiger partial charge on any atom is -0.301 e. The average Bonchev–Trinajstić information content (AvgIpc) is 3.19. The van der Waals surface area contributed by atoms with Crippen molar-refractivity contribution < 1.29 is 4.79 Å². The molecule has 0 aromatic heterocycles. The van der Waals surface area contributed by atoms with Crippen LogP contribution in [0.4, 0.5) is 0 Å². The van der Waals surface area contributed by atoms with Crippen molar-refractivity contribution in [3.63, 3.8) is 0 Å². The topological polar surface area (TPSA) is 23.6 Å². The molecule has 0 radical (unpaired) electrons. The Bertz CT molecular complexity index is 293. The first kappa shape index (κ1) is 12.6. The van der Waals surface area contributed by atoms with Gasteiger partial charge in [0.15, 0.2) is 0 Å². The molecule has 3 rings (SSSR count). The number of nitrogens with zero attached hydrogens (tertiary/aromatic N) is 2. The van der Waals surface area contributed by atoms with Gasteiger partial charge in [-0.3, -0.25) is 9.69 Å². The van der Waals surface area contributed by atoms with Gasteiger partial charge in [0, 0.05) is 39.1 Å². The molecule has 0 N–H and O–H groups in total. The molecule has 0 amide bonds. The lowest BCUT2D eigenvalue weighted by Gasteiger charge is -2.38. The van der Waals surface area contributed by atoms with Gasteiger partial charge in [-0.25, -0.2) is 0 Å². The quantitative estimate of drug-likeness (QED) is 0.715. The van der Waals surface area contributed by atoms with Crippen LogP contribution in [-0.4, -0.2) is 54.3 Å². The van der Waals surface area contributed by atoms with Gasteiger partial charge in [-0.1, -0.05) is 12.8 Å². The van der Waals surface area contributed by atoms with Crippen molar-refractivity contribution in [2.75, 3.05) is 32.7 Å². The molecule has 0 spiro atoms. The van der Waals surface area contributed by atoms with Crippen LogP contribution < -0.4 is 0 Å². The van der Waals surface area contributed by atoms with E-state index in [4.69, 9.17) is 0 Å². The van der Waals surface area contributed by atoms with Crippen LogP contribution >= 0.6 is 0 Å². The predicted molar refractivity (Wildman–Crippen MR) is 72.6 cm³/mol. The summed E-state index contributed by atoms with van der Waals surface area (Å²) in [5.74, 6) is 1.51. The van der Waals surface area contributed by atoms with E-state index in [0.717, 1.165) is 38.3 Å². The second kappa shape index (κ2) is 5.70. The summed E-state index contributed by atoms with van der Waals surface area (Å²) in [6.07, 6.45) is 8.45. The molecule has 0 aromatic carbocycles. The lowest BCUT2D eigenvalue weighted by Crippen LogP contribution is -2.52. The summed E-state index contributed by atoms with van der Waals surface area (Å²) in [4.78, 5) is 17.2. The normalized spacial score (nSPS) is 32.4. The maximum absolute atomic E-state index is 12.1. The van der Waals surface area contributed by atoms with E-state index in [9.17, 15) is 4.79 Å². The number of hydrogen-bond acceptors (Lipinski definition) is 3. The molecule has 18 heavy (non-hydrogen) atoms. The molecule has 1 aliphatic heterocycles. The van der Waals surface area contributed by atoms with Crippen molar-refractivity contribution in [2.24, 2.45) is 5.92 Å². The second-order valence-electron chi connectivity index (χ2n) is 6.36. The average molecular weight is 250 g/mol. The number of Topliss-reactive ketones (excluding diaryl/α,β-unsaturated/α-hetero) is 1. The molecule has 0 bridgehead atoms. The van der Waals surface area contributed by atoms with Crippen molar-refractivity contribution in [2.45, 2.75) is 51.0 Å². The minimum atomic E-state index is 0.260. The fourth-order valence-electron chi connectivity index (χ4n) is 3.45. The van der Waals surface area contributed by atoms with Crippen LogP contribution in [-0.2, 0) is 4.79 Å². The number of hydrogen-bond donors (Lipinski definition) is 0. The molecule has 1 heterocycles. The van der Waals surface area contributed by atoms with Gasteiger partial charge < -0.3 is 4.90 Å². The molecule has 1 unspecified atom stereocenters. The van der Waals surface area contributed by atoms with E-state index in [1.54, 1.807) is 0 Å². The van der Waals surface area contributed by atoms with E-state index in [1.165, 1.54) is 45.3 Å². The molecule has 3 aliphatic rings. The zero-order chi connectivity index (χ0) is 12.4. The van der Waals surface area contributed by atoms with Crippen molar-refractivity contribution >= 4 is 5.78 Å². The van der Waals surface area contributed by atoms with E-state index in [0.29, 0.717) is 5.78 Å². The molecule has 2 saturated carbocycles. The SMILES string of the molecule is O=C1CCCCCC1N1CCN(CC2CC2)CC1. The molecule has 3 heteroatoms. The van der Waals surface area contributed by atoms with Gasteiger partial charge >= 0.3 is 0 Å². The predicted octanol–water partition coefficient (Wildman–Crippen LogP) is 1.92. The highest BCUT2D eigenvalue weighted by atomic mass is 16.1. The monoisotopic (exact) mass is 250 g/mol. The third-order valence-electron chi connectivity index (χ3n) is 4.83. The Kier molecular flexibility index (Phi) is 4.00. The Balaban J connectivity index is 1.49. The van der Waals surface area contributed by atoms with Gasteiger partial charge in [0.05, 0.1) is 6.04 Å². The molecule has 1 atom stereocenters. The fourth-order valence-corrected chi connectivity index (χ4v) is 3.45. The van der Waals surface area contributed by atoms with E-state index in [-0.39, 0.29) is 6.04 Å². The van der Waals surface area contributed by atoms with Crippen LogP contribution in [0.2, 0.25) is 0 Å². The number of rotatable bonds is 3. The van der Waals surface area contributed by atoms with Crippen molar-refractivity contribution in [3.05, 3.63) is 0 Å². The van der Waals surface area contributed by atoms with Crippen LogP contribution in [0.15, 0.2) is 0 Å². The van der Waals surface area contributed by atoms with Crippen molar-refractivity contribution in [3.8, 4) is 0 Å². The molecule has 3 fully saturated rings. The first-order valence-electron chi connectivity index (χ1n) is 7.82. The van der Waals surface area contributed by atoms with E-state index in [2.05, 4.69) is 9.80 Å². The first-order chi connectivity index (χ1) is 8.83. The highest BCUT2D eigenvalue weighted by molar-refractivity contribution is 5.84. The zero-order valence-corrected chi connectivity index (χ0v) is 11.4. The van der Waals surface area contributed by atoms with Crippen molar-refractivity contribution in [1.29, 1.82) is 0 Å². The smallest absolute Gasteiger partial charge is 0.149 e. The zero-order valence-electron chi connectivity index (χ0n) is 11.4. The van der Waals surface area contributed by atoms with Gasteiger partial charge in [-0.2, -0.15) is 0 Å². The minimum absolute atomic E-state index is 0.260. The molecule has 2 aliphatic carbocycles. The number of carbonyl (C=O) groups excluding carboxylic acids is 1. The molecular formula is C15H26N2O. The van der Waals surface area contributed by atoms with Crippen LogP contribution in [0, 0.1) is 5.92 Å². The van der Waals surface area contributed by atoms with Crippen LogP contribution in [0.5, 0.6) is 0 Å².